The van der Waals surface area contributed by atoms with E-state index in [1.165, 1.54) is 0 Å². The Bertz CT molecular complexity index is 63.4. The topological polar surface area (TPSA) is 72.3 Å². The summed E-state index contributed by atoms with van der Waals surface area (Å²) in [6.45, 7) is 1.97. The third-order valence-corrected chi connectivity index (χ3v) is 1.24. The van der Waals surface area contributed by atoms with Crippen molar-refractivity contribution in [3.63, 3.8) is 0 Å². The van der Waals surface area contributed by atoms with Gasteiger partial charge in [-0.05, 0) is 6.42 Å². The average Bonchev–Trinajstić information content (AvgIpc) is 1.67. The predicted molar refractivity (Wildman–Crippen MR) is 33.1 cm³/mol. The zero-order valence-electron chi connectivity index (χ0n) is 5.22. The van der Waals surface area contributed by atoms with Gasteiger partial charge in [0, 0.05) is 13.0 Å². The molecule has 0 heterocycles. The molecule has 8 heavy (non-hydrogen) atoms. The number of nitrogens with two attached hydrogens (primary N) is 2. The van der Waals surface area contributed by atoms with Crippen LogP contribution in [0, 0.1) is 0 Å². The Labute approximate surface area is 49.7 Å². The second-order valence-electron chi connectivity index (χ2n) is 2.06. The standard InChI is InChI=1S/C5H14N2O/c1-2-5(6,7)3-4-8/h8H,2-4,6-7H2,1H3. The summed E-state index contributed by atoms with van der Waals surface area (Å²) in [6.07, 6.45) is 1.18. The van der Waals surface area contributed by atoms with Crippen LogP contribution in [0.4, 0.5) is 0 Å². The molecule has 0 amide bonds. The lowest BCUT2D eigenvalue weighted by Crippen LogP contribution is -2.49. The van der Waals surface area contributed by atoms with E-state index < -0.39 is 5.66 Å². The van der Waals surface area contributed by atoms with Crippen LogP contribution in [-0.2, 0) is 0 Å². The smallest absolute Gasteiger partial charge is 0.0656 e. The van der Waals surface area contributed by atoms with Crippen molar-refractivity contribution in [2.45, 2.75) is 25.4 Å². The van der Waals surface area contributed by atoms with Crippen molar-refractivity contribution >= 4 is 0 Å². The molecule has 5 N–H and O–H groups in total. The maximum atomic E-state index is 8.37. The molecule has 0 aromatic rings. The molecule has 0 radical (unpaired) electrons. The Morgan fingerprint density at radius 1 is 1.50 bits per heavy atom. The van der Waals surface area contributed by atoms with E-state index in [0.717, 1.165) is 0 Å². The first-order valence-electron chi connectivity index (χ1n) is 2.81. The van der Waals surface area contributed by atoms with E-state index in [1.807, 2.05) is 6.92 Å². The monoisotopic (exact) mass is 118 g/mol. The molecule has 3 heteroatoms. The Kier molecular flexibility index (Phi) is 2.97. The van der Waals surface area contributed by atoms with Gasteiger partial charge in [0.25, 0.3) is 0 Å². The normalized spacial score (nSPS) is 12.0. The minimum absolute atomic E-state index is 0.0703. The molecule has 0 aromatic heterocycles. The van der Waals surface area contributed by atoms with Crippen LogP contribution in [0.3, 0.4) is 0 Å². The maximum Gasteiger partial charge on any atom is 0.0656 e. The highest BCUT2D eigenvalue weighted by molar-refractivity contribution is 4.72. The van der Waals surface area contributed by atoms with Crippen LogP contribution >= 0.6 is 0 Å². The van der Waals surface area contributed by atoms with Crippen LogP contribution < -0.4 is 11.5 Å². The molecule has 0 rings (SSSR count). The summed E-state index contributed by atoms with van der Waals surface area (Å²) in [7, 11) is 0. The van der Waals surface area contributed by atoms with E-state index in [4.69, 9.17) is 16.6 Å². The fraction of sp³-hybridized carbons (Fsp3) is 1.00. The molecule has 0 atom stereocenters. The molecule has 0 unspecified atom stereocenters. The zero-order chi connectivity index (χ0) is 6.62. The zero-order valence-corrected chi connectivity index (χ0v) is 5.22. The van der Waals surface area contributed by atoms with E-state index in [0.29, 0.717) is 12.8 Å². The van der Waals surface area contributed by atoms with Gasteiger partial charge in [0.05, 0.1) is 5.66 Å². The van der Waals surface area contributed by atoms with Gasteiger partial charge in [-0.1, -0.05) is 6.92 Å². The van der Waals surface area contributed by atoms with Gasteiger partial charge in [0.15, 0.2) is 0 Å². The van der Waals surface area contributed by atoms with Crippen molar-refractivity contribution in [2.75, 3.05) is 6.61 Å². The van der Waals surface area contributed by atoms with Gasteiger partial charge in [0.1, 0.15) is 0 Å². The van der Waals surface area contributed by atoms with Crippen LogP contribution in [-0.4, -0.2) is 17.4 Å². The molecule has 0 saturated heterocycles. The first-order valence-corrected chi connectivity index (χ1v) is 2.81. The van der Waals surface area contributed by atoms with Gasteiger partial charge in [-0.3, -0.25) is 0 Å². The van der Waals surface area contributed by atoms with E-state index in [-0.39, 0.29) is 6.61 Å². The Hall–Kier alpha value is -0.120. The van der Waals surface area contributed by atoms with Crippen LogP contribution in [0.15, 0.2) is 0 Å². The van der Waals surface area contributed by atoms with Crippen molar-refractivity contribution in [2.24, 2.45) is 11.5 Å². The summed E-state index contributed by atoms with van der Waals surface area (Å²) in [4.78, 5) is 0. The summed E-state index contributed by atoms with van der Waals surface area (Å²) in [5.41, 5.74) is 10.2. The molecule has 0 aliphatic carbocycles. The van der Waals surface area contributed by atoms with E-state index in [1.54, 1.807) is 0 Å². The highest BCUT2D eigenvalue weighted by Crippen LogP contribution is 2.00. The summed E-state index contributed by atoms with van der Waals surface area (Å²) >= 11 is 0. The summed E-state index contributed by atoms with van der Waals surface area (Å²) in [5.74, 6) is 0. The number of hydrogen-bond acceptors (Lipinski definition) is 3. The third-order valence-electron chi connectivity index (χ3n) is 1.24. The highest BCUT2D eigenvalue weighted by atomic mass is 16.3. The molecular formula is C5H14N2O. The Balaban J connectivity index is 3.37. The fourth-order valence-corrected chi connectivity index (χ4v) is 0.385. The second-order valence-corrected chi connectivity index (χ2v) is 2.06. The van der Waals surface area contributed by atoms with Crippen LogP contribution in [0.1, 0.15) is 19.8 Å². The molecule has 0 spiro atoms. The van der Waals surface area contributed by atoms with E-state index in [9.17, 15) is 0 Å². The van der Waals surface area contributed by atoms with Crippen molar-refractivity contribution in [3.8, 4) is 0 Å². The van der Waals surface area contributed by atoms with Crippen LogP contribution in [0.5, 0.6) is 0 Å². The number of aliphatic hydroxyl groups is 1. The molecule has 0 aliphatic rings. The van der Waals surface area contributed by atoms with E-state index >= 15 is 0 Å². The first kappa shape index (κ1) is 7.88. The maximum absolute atomic E-state index is 8.37. The van der Waals surface area contributed by atoms with Crippen LogP contribution in [0.2, 0.25) is 0 Å². The highest BCUT2D eigenvalue weighted by Gasteiger charge is 2.13. The van der Waals surface area contributed by atoms with Crippen molar-refractivity contribution < 1.29 is 5.11 Å². The van der Waals surface area contributed by atoms with Crippen molar-refractivity contribution in [1.82, 2.24) is 0 Å². The molecule has 50 valence electrons. The molecule has 0 fully saturated rings. The minimum Gasteiger partial charge on any atom is -0.396 e. The van der Waals surface area contributed by atoms with E-state index in [2.05, 4.69) is 0 Å². The first-order chi connectivity index (χ1) is 3.62. The number of hydrogen-bond donors (Lipinski definition) is 3. The minimum atomic E-state index is -0.658. The molecule has 3 nitrogen and oxygen atoms in total. The van der Waals surface area contributed by atoms with Gasteiger partial charge >= 0.3 is 0 Å². The summed E-state index contributed by atoms with van der Waals surface area (Å²) < 4.78 is 0. The van der Waals surface area contributed by atoms with Crippen molar-refractivity contribution in [3.05, 3.63) is 0 Å². The quantitative estimate of drug-likeness (QED) is 0.433. The summed E-state index contributed by atoms with van der Waals surface area (Å²) in [6, 6.07) is 0. The van der Waals surface area contributed by atoms with Crippen LogP contribution in [0.25, 0.3) is 0 Å². The average molecular weight is 118 g/mol. The second kappa shape index (κ2) is 3.02. The molecule has 0 saturated carbocycles. The van der Waals surface area contributed by atoms with Crippen molar-refractivity contribution in [1.29, 1.82) is 0 Å². The summed E-state index contributed by atoms with van der Waals surface area (Å²) in [5, 5.41) is 8.37. The molecular weight excluding hydrogens is 104 g/mol. The third kappa shape index (κ3) is 2.96. The molecule has 0 bridgehead atoms. The van der Waals surface area contributed by atoms with Gasteiger partial charge in [0.2, 0.25) is 0 Å². The fourth-order valence-electron chi connectivity index (χ4n) is 0.385. The lowest BCUT2D eigenvalue weighted by atomic mass is 10.1. The Morgan fingerprint density at radius 3 is 2.12 bits per heavy atom. The van der Waals surface area contributed by atoms with Gasteiger partial charge in [-0.25, -0.2) is 0 Å². The SMILES string of the molecule is CCC(N)(N)CCO. The number of aliphatic hydroxyl groups excluding tert-OH is 1. The van der Waals surface area contributed by atoms with Gasteiger partial charge in [-0.2, -0.15) is 0 Å². The van der Waals surface area contributed by atoms with Gasteiger partial charge < -0.3 is 16.6 Å². The van der Waals surface area contributed by atoms with Gasteiger partial charge in [-0.15, -0.1) is 0 Å². The Morgan fingerprint density at radius 2 is 2.00 bits per heavy atom. The predicted octanol–water partition coefficient (Wildman–Crippen LogP) is -0.608. The lowest BCUT2D eigenvalue weighted by molar-refractivity contribution is 0.237. The lowest BCUT2D eigenvalue weighted by Gasteiger charge is -2.20. The number of rotatable bonds is 3. The molecule has 0 aliphatic heterocycles. The molecule has 0 aromatic carbocycles. The largest absolute Gasteiger partial charge is 0.396 e.